The summed E-state index contributed by atoms with van der Waals surface area (Å²) in [6.45, 7) is 0. The first-order valence-corrected chi connectivity index (χ1v) is 9.54. The Hall–Kier alpha value is -2.22. The Morgan fingerprint density at radius 3 is 2.69 bits per heavy atom. The first-order valence-electron chi connectivity index (χ1n) is 7.56. The van der Waals surface area contributed by atoms with E-state index in [1.54, 1.807) is 25.3 Å². The van der Waals surface area contributed by atoms with Crippen LogP contribution in [-0.2, 0) is 0 Å². The van der Waals surface area contributed by atoms with Crippen LogP contribution in [0.3, 0.4) is 0 Å². The molecule has 26 heavy (non-hydrogen) atoms. The van der Waals surface area contributed by atoms with Crippen molar-refractivity contribution in [2.75, 3.05) is 7.11 Å². The summed E-state index contributed by atoms with van der Waals surface area (Å²) < 4.78 is 8.13. The monoisotopic (exact) mass is 447 g/mol. The molecule has 0 saturated carbocycles. The van der Waals surface area contributed by atoms with Gasteiger partial charge in [0, 0.05) is 20.6 Å². The average Bonchev–Trinajstić information content (AvgIpc) is 3.16. The molecule has 0 bridgehead atoms. The highest BCUT2D eigenvalue weighted by Crippen LogP contribution is 2.24. The van der Waals surface area contributed by atoms with Crippen LogP contribution in [0.15, 0.2) is 51.7 Å². The van der Waals surface area contributed by atoms with Crippen molar-refractivity contribution in [3.63, 3.8) is 0 Å². The zero-order valence-corrected chi connectivity index (χ0v) is 16.6. The third-order valence-electron chi connectivity index (χ3n) is 3.76. The minimum Gasteiger partial charge on any atom is -0.496 e. The Bertz CT molecular complexity index is 1220. The third-order valence-corrected chi connectivity index (χ3v) is 5.47. The van der Waals surface area contributed by atoms with Crippen molar-refractivity contribution in [2.45, 2.75) is 0 Å². The lowest BCUT2D eigenvalue weighted by Crippen LogP contribution is -2.23. The van der Waals surface area contributed by atoms with Gasteiger partial charge < -0.3 is 4.74 Å². The van der Waals surface area contributed by atoms with Crippen LogP contribution in [0, 0.1) is 0 Å². The van der Waals surface area contributed by atoms with Crippen molar-refractivity contribution in [1.82, 2.24) is 14.6 Å². The van der Waals surface area contributed by atoms with Gasteiger partial charge in [-0.2, -0.15) is 9.50 Å². The van der Waals surface area contributed by atoms with Crippen molar-refractivity contribution >= 4 is 49.9 Å². The van der Waals surface area contributed by atoms with Crippen molar-refractivity contribution < 1.29 is 4.74 Å². The van der Waals surface area contributed by atoms with E-state index >= 15 is 0 Å². The Labute approximate surface area is 165 Å². The SMILES string of the molecule is COc1ccc(Br)cc1C=c1sc2nc(-c3ccc(Cl)cc3)nn2c1=O. The number of benzene rings is 2. The van der Waals surface area contributed by atoms with Gasteiger partial charge in [-0.25, -0.2) is 0 Å². The fourth-order valence-electron chi connectivity index (χ4n) is 2.51. The van der Waals surface area contributed by atoms with E-state index in [0.717, 1.165) is 15.6 Å². The second kappa shape index (κ2) is 6.83. The van der Waals surface area contributed by atoms with E-state index in [1.165, 1.54) is 15.9 Å². The molecule has 2 aromatic heterocycles. The molecule has 4 aromatic rings. The van der Waals surface area contributed by atoms with Gasteiger partial charge in [-0.15, -0.1) is 5.10 Å². The molecule has 8 heteroatoms. The number of halogens is 2. The molecular weight excluding hydrogens is 438 g/mol. The number of hydrogen-bond acceptors (Lipinski definition) is 5. The fraction of sp³-hybridized carbons (Fsp3) is 0.0556. The maximum atomic E-state index is 12.7. The predicted octanol–water partition coefficient (Wildman–Crippen LogP) is 3.79. The summed E-state index contributed by atoms with van der Waals surface area (Å²) in [4.78, 5) is 17.7. The average molecular weight is 449 g/mol. The summed E-state index contributed by atoms with van der Waals surface area (Å²) in [5.41, 5.74) is 1.41. The van der Waals surface area contributed by atoms with Gasteiger partial charge in [0.2, 0.25) is 4.96 Å². The Morgan fingerprint density at radius 2 is 2.00 bits per heavy atom. The molecule has 0 aliphatic rings. The van der Waals surface area contributed by atoms with Gasteiger partial charge >= 0.3 is 0 Å². The van der Waals surface area contributed by atoms with Crippen LogP contribution in [0.2, 0.25) is 5.02 Å². The second-order valence-electron chi connectivity index (χ2n) is 5.44. The van der Waals surface area contributed by atoms with E-state index in [1.807, 2.05) is 30.3 Å². The number of rotatable bonds is 3. The number of thiazole rings is 1. The van der Waals surface area contributed by atoms with Gasteiger partial charge in [0.1, 0.15) is 5.75 Å². The van der Waals surface area contributed by atoms with E-state index in [9.17, 15) is 4.79 Å². The second-order valence-corrected chi connectivity index (χ2v) is 7.80. The predicted molar refractivity (Wildman–Crippen MR) is 107 cm³/mol. The maximum Gasteiger partial charge on any atom is 0.291 e. The Morgan fingerprint density at radius 1 is 1.23 bits per heavy atom. The van der Waals surface area contributed by atoms with Gasteiger partial charge in [-0.3, -0.25) is 4.79 Å². The highest BCUT2D eigenvalue weighted by molar-refractivity contribution is 9.10. The maximum absolute atomic E-state index is 12.7. The highest BCUT2D eigenvalue weighted by Gasteiger charge is 2.12. The summed E-state index contributed by atoms with van der Waals surface area (Å²) in [5.74, 6) is 1.19. The summed E-state index contributed by atoms with van der Waals surface area (Å²) in [6.07, 6.45) is 1.79. The lowest BCUT2D eigenvalue weighted by molar-refractivity contribution is 0.414. The molecule has 0 fully saturated rings. The molecule has 0 spiro atoms. The molecule has 2 aromatic carbocycles. The van der Waals surface area contributed by atoms with Crippen LogP contribution in [-0.4, -0.2) is 21.7 Å². The molecule has 0 radical (unpaired) electrons. The van der Waals surface area contributed by atoms with Crippen LogP contribution < -0.4 is 14.8 Å². The van der Waals surface area contributed by atoms with Crippen LogP contribution in [0.4, 0.5) is 0 Å². The molecule has 0 saturated heterocycles. The van der Waals surface area contributed by atoms with Gasteiger partial charge in [0.25, 0.3) is 5.56 Å². The minimum absolute atomic E-state index is 0.209. The van der Waals surface area contributed by atoms with Crippen molar-refractivity contribution in [2.24, 2.45) is 0 Å². The van der Waals surface area contributed by atoms with Gasteiger partial charge in [-0.1, -0.05) is 38.9 Å². The molecule has 0 unspecified atom stereocenters. The van der Waals surface area contributed by atoms with Crippen LogP contribution in [0.25, 0.3) is 22.4 Å². The van der Waals surface area contributed by atoms with E-state index in [4.69, 9.17) is 16.3 Å². The van der Waals surface area contributed by atoms with Gasteiger partial charge in [0.05, 0.1) is 11.6 Å². The molecule has 130 valence electrons. The lowest BCUT2D eigenvalue weighted by atomic mass is 10.2. The molecule has 5 nitrogen and oxygen atoms in total. The van der Waals surface area contributed by atoms with Crippen molar-refractivity contribution in [3.8, 4) is 17.1 Å². The van der Waals surface area contributed by atoms with E-state index in [-0.39, 0.29) is 5.56 Å². The first-order chi connectivity index (χ1) is 12.5. The molecule has 4 rings (SSSR count). The van der Waals surface area contributed by atoms with E-state index in [0.29, 0.717) is 26.1 Å². The van der Waals surface area contributed by atoms with E-state index in [2.05, 4.69) is 26.0 Å². The number of methoxy groups -OCH3 is 1. The van der Waals surface area contributed by atoms with Crippen molar-refractivity contribution in [1.29, 1.82) is 0 Å². The van der Waals surface area contributed by atoms with Crippen LogP contribution in [0.5, 0.6) is 5.75 Å². The Kier molecular flexibility index (Phi) is 4.52. The summed E-state index contributed by atoms with van der Waals surface area (Å²) in [6, 6.07) is 12.8. The molecule has 0 atom stereocenters. The summed E-state index contributed by atoms with van der Waals surface area (Å²) in [5, 5.41) is 4.97. The lowest BCUT2D eigenvalue weighted by Gasteiger charge is -2.04. The molecule has 0 N–H and O–H groups in total. The number of fused-ring (bicyclic) bond motifs is 1. The molecule has 0 aliphatic carbocycles. The van der Waals surface area contributed by atoms with Crippen LogP contribution in [0.1, 0.15) is 5.56 Å². The molecule has 0 amide bonds. The summed E-state index contributed by atoms with van der Waals surface area (Å²) >= 11 is 10.6. The third kappa shape index (κ3) is 3.13. The topological polar surface area (TPSA) is 56.5 Å². The van der Waals surface area contributed by atoms with E-state index < -0.39 is 0 Å². The quantitative estimate of drug-likeness (QED) is 0.478. The highest BCUT2D eigenvalue weighted by atomic mass is 79.9. The van der Waals surface area contributed by atoms with Crippen molar-refractivity contribution in [3.05, 3.63) is 72.4 Å². The van der Waals surface area contributed by atoms with Gasteiger partial charge in [-0.05, 0) is 48.5 Å². The zero-order valence-electron chi connectivity index (χ0n) is 13.4. The number of ether oxygens (including phenoxy) is 1. The normalized spacial score (nSPS) is 12.0. The first kappa shape index (κ1) is 17.2. The number of hydrogen-bond donors (Lipinski definition) is 0. The fourth-order valence-corrected chi connectivity index (χ4v) is 3.92. The molecule has 2 heterocycles. The Balaban J connectivity index is 1.83. The smallest absolute Gasteiger partial charge is 0.291 e. The number of aromatic nitrogens is 3. The largest absolute Gasteiger partial charge is 0.496 e. The number of nitrogens with zero attached hydrogens (tertiary/aromatic N) is 3. The minimum atomic E-state index is -0.209. The molecular formula is C18H11BrClN3O2S. The zero-order chi connectivity index (χ0) is 18.3. The standard InChI is InChI=1S/C18H11BrClN3O2S/c1-25-14-7-4-12(19)8-11(14)9-15-17(24)23-18(26-15)21-16(22-23)10-2-5-13(20)6-3-10/h2-9H,1H3. The van der Waals surface area contributed by atoms with Crippen LogP contribution >= 0.6 is 38.9 Å². The summed E-state index contributed by atoms with van der Waals surface area (Å²) in [7, 11) is 1.60. The molecule has 0 aliphatic heterocycles. The van der Waals surface area contributed by atoms with Gasteiger partial charge in [0.15, 0.2) is 5.82 Å².